The van der Waals surface area contributed by atoms with Gasteiger partial charge in [0, 0.05) is 37.5 Å². The average Bonchev–Trinajstić information content (AvgIpc) is 2.54. The number of benzene rings is 1. The van der Waals surface area contributed by atoms with Crippen molar-refractivity contribution in [3.05, 3.63) is 66.0 Å². The number of carbonyl (C=O) groups is 2. The number of pyridine rings is 1. The average molecular weight is 283 g/mol. The number of hydrogen-bond donors (Lipinski definition) is 2. The standard InChI is InChI=1S/C16H17N3O2/c20-15(19-12-13-6-9-17-10-7-13)8-11-18-16(21)14-4-2-1-3-5-14/h1-7,9-10H,8,11-12H2,(H,18,21)(H,19,20). The Morgan fingerprint density at radius 2 is 1.67 bits per heavy atom. The van der Waals surface area contributed by atoms with Gasteiger partial charge >= 0.3 is 0 Å². The monoisotopic (exact) mass is 283 g/mol. The maximum Gasteiger partial charge on any atom is 0.251 e. The summed E-state index contributed by atoms with van der Waals surface area (Å²) in [6.07, 6.45) is 3.62. The van der Waals surface area contributed by atoms with Crippen molar-refractivity contribution < 1.29 is 9.59 Å². The van der Waals surface area contributed by atoms with E-state index in [-0.39, 0.29) is 18.2 Å². The van der Waals surface area contributed by atoms with Gasteiger partial charge in [0.05, 0.1) is 0 Å². The summed E-state index contributed by atoms with van der Waals surface area (Å²) in [7, 11) is 0. The second kappa shape index (κ2) is 7.79. The van der Waals surface area contributed by atoms with Crippen molar-refractivity contribution in [2.75, 3.05) is 6.54 Å². The van der Waals surface area contributed by atoms with Crippen LogP contribution in [0.1, 0.15) is 22.3 Å². The maximum absolute atomic E-state index is 11.8. The quantitative estimate of drug-likeness (QED) is 0.844. The molecule has 0 atom stereocenters. The molecule has 0 radical (unpaired) electrons. The van der Waals surface area contributed by atoms with Crippen LogP contribution < -0.4 is 10.6 Å². The van der Waals surface area contributed by atoms with Crippen LogP contribution >= 0.6 is 0 Å². The lowest BCUT2D eigenvalue weighted by molar-refractivity contribution is -0.121. The molecule has 5 heteroatoms. The van der Waals surface area contributed by atoms with Gasteiger partial charge in [0.1, 0.15) is 0 Å². The smallest absolute Gasteiger partial charge is 0.251 e. The van der Waals surface area contributed by atoms with Crippen molar-refractivity contribution in [1.82, 2.24) is 15.6 Å². The maximum atomic E-state index is 11.8. The first kappa shape index (κ1) is 14.7. The Morgan fingerprint density at radius 3 is 2.38 bits per heavy atom. The third-order valence-corrected chi connectivity index (χ3v) is 2.91. The van der Waals surface area contributed by atoms with Gasteiger partial charge in [-0.2, -0.15) is 0 Å². The highest BCUT2D eigenvalue weighted by Crippen LogP contribution is 1.98. The van der Waals surface area contributed by atoms with Crippen molar-refractivity contribution >= 4 is 11.8 Å². The van der Waals surface area contributed by atoms with Gasteiger partial charge in [-0.15, -0.1) is 0 Å². The highest BCUT2D eigenvalue weighted by atomic mass is 16.2. The van der Waals surface area contributed by atoms with Gasteiger partial charge in [0.2, 0.25) is 5.91 Å². The Labute approximate surface area is 123 Å². The molecule has 1 heterocycles. The predicted molar refractivity (Wildman–Crippen MR) is 79.5 cm³/mol. The SMILES string of the molecule is O=C(CCNC(=O)c1ccccc1)NCc1ccncc1. The van der Waals surface area contributed by atoms with Gasteiger partial charge in [0.25, 0.3) is 5.91 Å². The molecule has 0 aliphatic carbocycles. The Balaban J connectivity index is 1.66. The van der Waals surface area contributed by atoms with Crippen molar-refractivity contribution in [2.45, 2.75) is 13.0 Å². The third kappa shape index (κ3) is 5.06. The van der Waals surface area contributed by atoms with E-state index in [9.17, 15) is 9.59 Å². The second-order valence-electron chi connectivity index (χ2n) is 4.50. The van der Waals surface area contributed by atoms with Gasteiger partial charge < -0.3 is 10.6 Å². The van der Waals surface area contributed by atoms with Gasteiger partial charge in [-0.1, -0.05) is 18.2 Å². The predicted octanol–water partition coefficient (Wildman–Crippen LogP) is 1.52. The molecule has 108 valence electrons. The Hall–Kier alpha value is -2.69. The fraction of sp³-hybridized carbons (Fsp3) is 0.188. The number of carbonyl (C=O) groups excluding carboxylic acids is 2. The van der Waals surface area contributed by atoms with Crippen molar-refractivity contribution in [3.8, 4) is 0 Å². The summed E-state index contributed by atoms with van der Waals surface area (Å²) >= 11 is 0. The Kier molecular flexibility index (Phi) is 5.46. The summed E-state index contributed by atoms with van der Waals surface area (Å²) in [5.74, 6) is -0.266. The molecule has 2 amide bonds. The fourth-order valence-corrected chi connectivity index (χ4v) is 1.77. The van der Waals surface area contributed by atoms with E-state index in [0.717, 1.165) is 5.56 Å². The molecule has 0 spiro atoms. The van der Waals surface area contributed by atoms with E-state index in [2.05, 4.69) is 15.6 Å². The zero-order valence-corrected chi connectivity index (χ0v) is 11.6. The van der Waals surface area contributed by atoms with Crippen LogP contribution in [0.3, 0.4) is 0 Å². The van der Waals surface area contributed by atoms with Crippen LogP contribution in [0, 0.1) is 0 Å². The van der Waals surface area contributed by atoms with E-state index in [0.29, 0.717) is 18.7 Å². The highest BCUT2D eigenvalue weighted by Gasteiger charge is 2.05. The molecular weight excluding hydrogens is 266 g/mol. The number of nitrogens with zero attached hydrogens (tertiary/aromatic N) is 1. The fourth-order valence-electron chi connectivity index (χ4n) is 1.77. The van der Waals surface area contributed by atoms with Crippen LogP contribution in [-0.2, 0) is 11.3 Å². The summed E-state index contributed by atoms with van der Waals surface area (Å²) in [4.78, 5) is 27.3. The number of nitrogens with one attached hydrogen (secondary N) is 2. The summed E-state index contributed by atoms with van der Waals surface area (Å²) in [6, 6.07) is 12.6. The molecule has 0 unspecified atom stereocenters. The molecule has 0 saturated carbocycles. The largest absolute Gasteiger partial charge is 0.352 e. The Bertz CT molecular complexity index is 585. The number of amides is 2. The highest BCUT2D eigenvalue weighted by molar-refractivity contribution is 5.94. The summed E-state index contributed by atoms with van der Waals surface area (Å²) < 4.78 is 0. The first-order valence-electron chi connectivity index (χ1n) is 6.74. The minimum Gasteiger partial charge on any atom is -0.352 e. The summed E-state index contributed by atoms with van der Waals surface area (Å²) in [5, 5.41) is 5.51. The second-order valence-corrected chi connectivity index (χ2v) is 4.50. The molecule has 5 nitrogen and oxygen atoms in total. The summed E-state index contributed by atoms with van der Waals surface area (Å²) in [6.45, 7) is 0.782. The molecule has 0 saturated heterocycles. The summed E-state index contributed by atoms with van der Waals surface area (Å²) in [5.41, 5.74) is 1.58. The molecular formula is C16H17N3O2. The van der Waals surface area contributed by atoms with Crippen LogP contribution in [-0.4, -0.2) is 23.3 Å². The molecule has 2 aromatic rings. The molecule has 1 aromatic carbocycles. The van der Waals surface area contributed by atoms with Crippen molar-refractivity contribution in [1.29, 1.82) is 0 Å². The van der Waals surface area contributed by atoms with Crippen LogP contribution in [0.2, 0.25) is 0 Å². The number of hydrogen-bond acceptors (Lipinski definition) is 3. The van der Waals surface area contributed by atoms with Crippen molar-refractivity contribution in [2.24, 2.45) is 0 Å². The van der Waals surface area contributed by atoms with Crippen LogP contribution in [0.5, 0.6) is 0 Å². The van der Waals surface area contributed by atoms with E-state index in [1.807, 2.05) is 18.2 Å². The molecule has 1 aromatic heterocycles. The van der Waals surface area contributed by atoms with E-state index in [1.165, 1.54) is 0 Å². The minimum atomic E-state index is -0.169. The van der Waals surface area contributed by atoms with Gasteiger partial charge in [-0.05, 0) is 29.8 Å². The lowest BCUT2D eigenvalue weighted by atomic mass is 10.2. The first-order valence-corrected chi connectivity index (χ1v) is 6.74. The first-order chi connectivity index (χ1) is 10.3. The number of aromatic nitrogens is 1. The molecule has 0 bridgehead atoms. The molecule has 21 heavy (non-hydrogen) atoms. The Morgan fingerprint density at radius 1 is 0.952 bits per heavy atom. The van der Waals surface area contributed by atoms with E-state index in [4.69, 9.17) is 0 Å². The van der Waals surface area contributed by atoms with Crippen LogP contribution in [0.25, 0.3) is 0 Å². The van der Waals surface area contributed by atoms with E-state index >= 15 is 0 Å². The lowest BCUT2D eigenvalue weighted by Crippen LogP contribution is -2.30. The topological polar surface area (TPSA) is 71.1 Å². The van der Waals surface area contributed by atoms with Gasteiger partial charge in [-0.3, -0.25) is 14.6 Å². The zero-order chi connectivity index (χ0) is 14.9. The number of rotatable bonds is 6. The minimum absolute atomic E-state index is 0.0971. The van der Waals surface area contributed by atoms with Gasteiger partial charge in [0.15, 0.2) is 0 Å². The van der Waals surface area contributed by atoms with E-state index in [1.54, 1.807) is 36.7 Å². The van der Waals surface area contributed by atoms with Crippen LogP contribution in [0.15, 0.2) is 54.9 Å². The lowest BCUT2D eigenvalue weighted by Gasteiger charge is -2.06. The van der Waals surface area contributed by atoms with E-state index < -0.39 is 0 Å². The molecule has 2 N–H and O–H groups in total. The zero-order valence-electron chi connectivity index (χ0n) is 11.6. The normalized spacial score (nSPS) is 9.90. The molecule has 0 fully saturated rings. The van der Waals surface area contributed by atoms with Crippen LogP contribution in [0.4, 0.5) is 0 Å². The third-order valence-electron chi connectivity index (χ3n) is 2.91. The molecule has 0 aliphatic heterocycles. The van der Waals surface area contributed by atoms with Crippen molar-refractivity contribution in [3.63, 3.8) is 0 Å². The van der Waals surface area contributed by atoms with Gasteiger partial charge in [-0.25, -0.2) is 0 Å². The molecule has 0 aliphatic rings. The molecule has 2 rings (SSSR count).